The van der Waals surface area contributed by atoms with Gasteiger partial charge in [-0.25, -0.2) is 13.1 Å². The molecule has 0 radical (unpaired) electrons. The summed E-state index contributed by atoms with van der Waals surface area (Å²) in [7, 11) is -1.91. The summed E-state index contributed by atoms with van der Waals surface area (Å²) >= 11 is 0. The molecule has 8 heteroatoms. The SMILES string of the molecule is Cc1c(S(=O)(=O)NC2CCN3CCCC3C2)c(N)nn1C. The summed E-state index contributed by atoms with van der Waals surface area (Å²) in [4.78, 5) is 2.59. The minimum absolute atomic E-state index is 0.00615. The maximum absolute atomic E-state index is 12.6. The molecule has 0 bridgehead atoms. The van der Waals surface area contributed by atoms with Crippen molar-refractivity contribution in [2.45, 2.75) is 49.6 Å². The highest BCUT2D eigenvalue weighted by atomic mass is 32.2. The van der Waals surface area contributed by atoms with Crippen LogP contribution < -0.4 is 10.5 Å². The Bertz CT molecular complexity index is 639. The van der Waals surface area contributed by atoms with Gasteiger partial charge < -0.3 is 10.6 Å². The van der Waals surface area contributed by atoms with Gasteiger partial charge in [-0.2, -0.15) is 5.10 Å². The van der Waals surface area contributed by atoms with E-state index in [4.69, 9.17) is 5.73 Å². The van der Waals surface area contributed by atoms with E-state index in [2.05, 4.69) is 14.7 Å². The van der Waals surface area contributed by atoms with Gasteiger partial charge in [0, 0.05) is 19.1 Å². The zero-order valence-corrected chi connectivity index (χ0v) is 13.4. The topological polar surface area (TPSA) is 93.2 Å². The van der Waals surface area contributed by atoms with Crippen LogP contribution in [0.5, 0.6) is 0 Å². The molecular formula is C13H23N5O2S. The van der Waals surface area contributed by atoms with Crippen LogP contribution in [0.25, 0.3) is 0 Å². The largest absolute Gasteiger partial charge is 0.381 e. The van der Waals surface area contributed by atoms with Crippen LogP contribution in [-0.2, 0) is 17.1 Å². The van der Waals surface area contributed by atoms with Crippen molar-refractivity contribution in [3.63, 3.8) is 0 Å². The lowest BCUT2D eigenvalue weighted by Gasteiger charge is -2.34. The van der Waals surface area contributed by atoms with Crippen molar-refractivity contribution in [2.24, 2.45) is 7.05 Å². The highest BCUT2D eigenvalue weighted by molar-refractivity contribution is 7.89. The number of aromatic nitrogens is 2. The predicted molar refractivity (Wildman–Crippen MR) is 80.3 cm³/mol. The molecule has 2 unspecified atom stereocenters. The van der Waals surface area contributed by atoms with E-state index in [1.807, 2.05) is 0 Å². The number of nitrogens with two attached hydrogens (primary N) is 1. The zero-order valence-electron chi connectivity index (χ0n) is 12.5. The average Bonchev–Trinajstić information content (AvgIpc) is 2.94. The Labute approximate surface area is 125 Å². The molecule has 0 aliphatic carbocycles. The van der Waals surface area contributed by atoms with Crippen LogP contribution in [0.3, 0.4) is 0 Å². The van der Waals surface area contributed by atoms with Crippen molar-refractivity contribution in [1.82, 2.24) is 19.4 Å². The quantitative estimate of drug-likeness (QED) is 0.832. The molecule has 2 atom stereocenters. The minimum atomic E-state index is -3.61. The van der Waals surface area contributed by atoms with Crippen molar-refractivity contribution in [3.05, 3.63) is 5.69 Å². The maximum atomic E-state index is 12.6. The Morgan fingerprint density at radius 1 is 1.33 bits per heavy atom. The van der Waals surface area contributed by atoms with E-state index >= 15 is 0 Å². The number of nitrogens with one attached hydrogen (secondary N) is 1. The number of rotatable bonds is 3. The Balaban J connectivity index is 1.77. The van der Waals surface area contributed by atoms with Gasteiger partial charge in [-0.15, -0.1) is 0 Å². The fourth-order valence-electron chi connectivity index (χ4n) is 3.56. The molecule has 7 nitrogen and oxygen atoms in total. The predicted octanol–water partition coefficient (Wildman–Crippen LogP) is 0.216. The summed E-state index contributed by atoms with van der Waals surface area (Å²) in [6.07, 6.45) is 4.14. The molecule has 0 amide bonds. The second kappa shape index (κ2) is 5.26. The van der Waals surface area contributed by atoms with Gasteiger partial charge in [0.15, 0.2) is 5.82 Å². The number of nitrogen functional groups attached to an aromatic ring is 1. The first-order valence-electron chi connectivity index (χ1n) is 7.44. The van der Waals surface area contributed by atoms with E-state index in [9.17, 15) is 8.42 Å². The van der Waals surface area contributed by atoms with Crippen molar-refractivity contribution in [2.75, 3.05) is 18.8 Å². The summed E-state index contributed by atoms with van der Waals surface area (Å²) in [5.74, 6) is 0.0702. The smallest absolute Gasteiger partial charge is 0.246 e. The molecule has 2 fully saturated rings. The molecule has 0 aromatic carbocycles. The molecule has 0 saturated carbocycles. The van der Waals surface area contributed by atoms with Gasteiger partial charge in [0.05, 0.1) is 5.69 Å². The van der Waals surface area contributed by atoms with E-state index in [0.29, 0.717) is 11.7 Å². The number of hydrogen-bond acceptors (Lipinski definition) is 5. The molecule has 2 aliphatic rings. The molecular weight excluding hydrogens is 290 g/mol. The van der Waals surface area contributed by atoms with Gasteiger partial charge in [0.25, 0.3) is 0 Å². The monoisotopic (exact) mass is 313 g/mol. The molecule has 21 heavy (non-hydrogen) atoms. The second-order valence-electron chi connectivity index (χ2n) is 6.10. The third kappa shape index (κ3) is 2.67. The van der Waals surface area contributed by atoms with Crippen molar-refractivity contribution in [1.29, 1.82) is 0 Å². The summed E-state index contributed by atoms with van der Waals surface area (Å²) < 4.78 is 29.5. The van der Waals surface area contributed by atoms with Crippen LogP contribution >= 0.6 is 0 Å². The summed E-state index contributed by atoms with van der Waals surface area (Å²) in [6, 6.07) is 0.521. The van der Waals surface area contributed by atoms with Crippen LogP contribution in [0, 0.1) is 6.92 Å². The normalized spacial score (nSPS) is 27.0. The Kier molecular flexibility index (Phi) is 3.71. The molecule has 2 saturated heterocycles. The maximum Gasteiger partial charge on any atom is 0.246 e. The molecule has 3 heterocycles. The average molecular weight is 313 g/mol. The number of aryl methyl sites for hydroxylation is 1. The van der Waals surface area contributed by atoms with Crippen molar-refractivity contribution < 1.29 is 8.42 Å². The molecule has 3 rings (SSSR count). The third-order valence-corrected chi connectivity index (χ3v) is 6.40. The third-order valence-electron chi connectivity index (χ3n) is 4.72. The number of nitrogens with zero attached hydrogens (tertiary/aromatic N) is 3. The molecule has 2 aliphatic heterocycles. The first-order valence-corrected chi connectivity index (χ1v) is 8.92. The van der Waals surface area contributed by atoms with Crippen LogP contribution in [0.2, 0.25) is 0 Å². The fourth-order valence-corrected chi connectivity index (χ4v) is 5.16. The van der Waals surface area contributed by atoms with Gasteiger partial charge >= 0.3 is 0 Å². The van der Waals surface area contributed by atoms with Gasteiger partial charge in [-0.1, -0.05) is 0 Å². The van der Waals surface area contributed by atoms with Gasteiger partial charge in [-0.3, -0.25) is 4.68 Å². The van der Waals surface area contributed by atoms with E-state index in [0.717, 1.165) is 25.9 Å². The van der Waals surface area contributed by atoms with E-state index in [-0.39, 0.29) is 16.8 Å². The summed E-state index contributed by atoms with van der Waals surface area (Å²) in [5, 5.41) is 3.99. The number of piperidine rings is 1. The summed E-state index contributed by atoms with van der Waals surface area (Å²) in [5.41, 5.74) is 6.33. The van der Waals surface area contributed by atoms with E-state index in [1.165, 1.54) is 17.5 Å². The lowest BCUT2D eigenvalue weighted by molar-refractivity contribution is 0.176. The van der Waals surface area contributed by atoms with E-state index in [1.54, 1.807) is 14.0 Å². The van der Waals surface area contributed by atoms with Gasteiger partial charge in [0.1, 0.15) is 4.90 Å². The Morgan fingerprint density at radius 2 is 2.10 bits per heavy atom. The van der Waals surface area contributed by atoms with Crippen molar-refractivity contribution in [3.8, 4) is 0 Å². The molecule has 1 aromatic heterocycles. The number of anilines is 1. The molecule has 0 spiro atoms. The van der Waals surface area contributed by atoms with Gasteiger partial charge in [0.2, 0.25) is 10.0 Å². The lowest BCUT2D eigenvalue weighted by Crippen LogP contribution is -2.47. The molecule has 1 aromatic rings. The van der Waals surface area contributed by atoms with Gasteiger partial charge in [-0.05, 0) is 45.7 Å². The van der Waals surface area contributed by atoms with Crippen LogP contribution in [-0.4, -0.2) is 48.3 Å². The van der Waals surface area contributed by atoms with Crippen LogP contribution in [0.4, 0.5) is 5.82 Å². The standard InChI is InChI=1S/C13H23N5O2S/c1-9-12(13(14)15-17(9)2)21(19,20)16-10-5-7-18-6-3-4-11(18)8-10/h10-11,16H,3-8H2,1-2H3,(H2,14,15). The first kappa shape index (κ1) is 14.8. The van der Waals surface area contributed by atoms with Crippen LogP contribution in [0.15, 0.2) is 4.90 Å². The number of fused-ring (bicyclic) bond motifs is 1. The number of sulfonamides is 1. The Morgan fingerprint density at radius 3 is 2.76 bits per heavy atom. The Hall–Kier alpha value is -1.12. The fraction of sp³-hybridized carbons (Fsp3) is 0.769. The number of hydrogen-bond donors (Lipinski definition) is 2. The molecule has 118 valence electrons. The lowest BCUT2D eigenvalue weighted by atomic mass is 9.99. The van der Waals surface area contributed by atoms with Crippen molar-refractivity contribution >= 4 is 15.8 Å². The summed E-state index contributed by atoms with van der Waals surface area (Å²) in [6.45, 7) is 3.84. The highest BCUT2D eigenvalue weighted by Gasteiger charge is 2.35. The van der Waals surface area contributed by atoms with E-state index < -0.39 is 10.0 Å². The second-order valence-corrected chi connectivity index (χ2v) is 7.75. The zero-order chi connectivity index (χ0) is 15.2. The van der Waals surface area contributed by atoms with Crippen LogP contribution in [0.1, 0.15) is 31.4 Å². The minimum Gasteiger partial charge on any atom is -0.381 e. The first-order chi connectivity index (χ1) is 9.88. The molecule has 3 N–H and O–H groups in total. The highest BCUT2D eigenvalue weighted by Crippen LogP contribution is 2.28.